The number of methoxy groups -OCH3 is 1. The molecule has 142 valence electrons. The Morgan fingerprint density at radius 2 is 1.64 bits per heavy atom. The Hall–Kier alpha value is -4.08. The summed E-state index contributed by atoms with van der Waals surface area (Å²) in [7, 11) is 1.35. The van der Waals surface area contributed by atoms with Crippen LogP contribution in [0.2, 0.25) is 0 Å². The average Bonchev–Trinajstić information content (AvgIpc) is 2.94. The molecule has 1 aliphatic heterocycles. The van der Waals surface area contributed by atoms with E-state index in [9.17, 15) is 25.0 Å². The van der Waals surface area contributed by atoms with E-state index >= 15 is 0 Å². The number of carbonyl (C=O) groups is 1. The number of amides is 1. The van der Waals surface area contributed by atoms with Gasteiger partial charge in [0.15, 0.2) is 0 Å². The lowest BCUT2D eigenvalue weighted by atomic mass is 10.1. The number of aliphatic imine (C=N–C) groups is 1. The van der Waals surface area contributed by atoms with Crippen molar-refractivity contribution in [2.75, 3.05) is 12.0 Å². The molecular weight excluding hydrogens is 368 g/mol. The fraction of sp³-hybridized carbons (Fsp3) is 0.111. The van der Waals surface area contributed by atoms with E-state index in [0.29, 0.717) is 17.1 Å². The minimum absolute atomic E-state index is 0.0585. The largest absolute Gasteiger partial charge is 0.494 e. The van der Waals surface area contributed by atoms with Gasteiger partial charge in [-0.05, 0) is 36.8 Å². The Morgan fingerprint density at radius 3 is 2.21 bits per heavy atom. The maximum Gasteiger partial charge on any atom is 0.282 e. The SMILES string of the molecule is COc1cc([N+](=O)[O-])ccc1N1C(=O)/C(=C/c2ccc([N+](=O)[O-])cc2)N=C1C. The number of benzene rings is 2. The summed E-state index contributed by atoms with van der Waals surface area (Å²) in [5, 5.41) is 21.7. The molecule has 0 unspecified atom stereocenters. The van der Waals surface area contributed by atoms with Crippen LogP contribution >= 0.6 is 0 Å². The Labute approximate surface area is 158 Å². The van der Waals surface area contributed by atoms with E-state index < -0.39 is 15.8 Å². The second-order valence-electron chi connectivity index (χ2n) is 5.79. The van der Waals surface area contributed by atoms with Crippen LogP contribution in [0.4, 0.5) is 17.1 Å². The van der Waals surface area contributed by atoms with Crippen LogP contribution in [0.25, 0.3) is 6.08 Å². The topological polar surface area (TPSA) is 128 Å². The first-order chi connectivity index (χ1) is 13.3. The zero-order valence-corrected chi connectivity index (χ0v) is 14.9. The normalized spacial score (nSPS) is 14.9. The predicted molar refractivity (Wildman–Crippen MR) is 101 cm³/mol. The Kier molecular flexibility index (Phi) is 4.86. The lowest BCUT2D eigenvalue weighted by Gasteiger charge is -2.18. The molecule has 0 fully saturated rings. The molecule has 0 aromatic heterocycles. The third kappa shape index (κ3) is 3.43. The van der Waals surface area contributed by atoms with Crippen LogP contribution in [0, 0.1) is 20.2 Å². The van der Waals surface area contributed by atoms with Gasteiger partial charge in [0.25, 0.3) is 17.3 Å². The van der Waals surface area contributed by atoms with Crippen molar-refractivity contribution in [3.8, 4) is 5.75 Å². The highest BCUT2D eigenvalue weighted by molar-refractivity contribution is 6.28. The van der Waals surface area contributed by atoms with E-state index in [-0.39, 0.29) is 22.8 Å². The Balaban J connectivity index is 1.95. The predicted octanol–water partition coefficient (Wildman–Crippen LogP) is 3.32. The fourth-order valence-corrected chi connectivity index (χ4v) is 2.73. The molecule has 0 atom stereocenters. The van der Waals surface area contributed by atoms with Gasteiger partial charge >= 0.3 is 0 Å². The number of ether oxygens (including phenoxy) is 1. The quantitative estimate of drug-likeness (QED) is 0.443. The van der Waals surface area contributed by atoms with Crippen LogP contribution in [0.3, 0.4) is 0 Å². The molecule has 10 nitrogen and oxygen atoms in total. The van der Waals surface area contributed by atoms with E-state index in [0.717, 1.165) is 0 Å². The van der Waals surface area contributed by atoms with Crippen molar-refractivity contribution in [3.05, 3.63) is 74.0 Å². The van der Waals surface area contributed by atoms with Crippen LogP contribution in [-0.4, -0.2) is 28.7 Å². The lowest BCUT2D eigenvalue weighted by Crippen LogP contribution is -2.30. The number of nitro groups is 2. The van der Waals surface area contributed by atoms with Crippen molar-refractivity contribution in [2.45, 2.75) is 6.92 Å². The monoisotopic (exact) mass is 382 g/mol. The molecule has 0 spiro atoms. The van der Waals surface area contributed by atoms with Crippen molar-refractivity contribution in [1.82, 2.24) is 0 Å². The van der Waals surface area contributed by atoms with Crippen LogP contribution in [0.1, 0.15) is 12.5 Å². The van der Waals surface area contributed by atoms with Crippen molar-refractivity contribution >= 4 is 34.9 Å². The molecule has 0 N–H and O–H groups in total. The van der Waals surface area contributed by atoms with Crippen LogP contribution in [0.15, 0.2) is 53.2 Å². The first-order valence-electron chi connectivity index (χ1n) is 8.00. The molecule has 10 heteroatoms. The van der Waals surface area contributed by atoms with Gasteiger partial charge in [-0.1, -0.05) is 0 Å². The number of hydrogen-bond acceptors (Lipinski definition) is 7. The number of nitrogens with zero attached hydrogens (tertiary/aromatic N) is 4. The van der Waals surface area contributed by atoms with Gasteiger partial charge in [-0.3, -0.25) is 29.9 Å². The molecule has 0 bridgehead atoms. The summed E-state index contributed by atoms with van der Waals surface area (Å²) in [6.07, 6.45) is 1.51. The van der Waals surface area contributed by atoms with Gasteiger partial charge in [0, 0.05) is 18.2 Å². The third-order valence-corrected chi connectivity index (χ3v) is 4.05. The number of hydrogen-bond donors (Lipinski definition) is 0. The lowest BCUT2D eigenvalue weighted by molar-refractivity contribution is -0.385. The summed E-state index contributed by atoms with van der Waals surface area (Å²) in [5.41, 5.74) is 0.807. The first kappa shape index (κ1) is 18.7. The average molecular weight is 382 g/mol. The van der Waals surface area contributed by atoms with Crippen LogP contribution in [-0.2, 0) is 4.79 Å². The number of non-ortho nitro benzene ring substituents is 2. The van der Waals surface area contributed by atoms with Gasteiger partial charge in [0.05, 0.1) is 28.7 Å². The summed E-state index contributed by atoms with van der Waals surface area (Å²) < 4.78 is 5.20. The Morgan fingerprint density at radius 1 is 1.04 bits per heavy atom. The second kappa shape index (κ2) is 7.27. The van der Waals surface area contributed by atoms with Crippen LogP contribution < -0.4 is 9.64 Å². The van der Waals surface area contributed by atoms with Gasteiger partial charge in [0.2, 0.25) is 0 Å². The standard InChI is InChI=1S/C18H14N4O6/c1-11-19-15(9-12-3-5-13(6-4-12)21(24)25)18(23)20(11)16-8-7-14(22(26)27)10-17(16)28-2/h3-10H,1-2H3/b15-9-. The van der Waals surface area contributed by atoms with Gasteiger partial charge < -0.3 is 4.74 Å². The third-order valence-electron chi connectivity index (χ3n) is 4.05. The van der Waals surface area contributed by atoms with Gasteiger partial charge in [0.1, 0.15) is 17.3 Å². The molecule has 1 amide bonds. The number of amidine groups is 1. The number of nitro benzene ring substituents is 2. The Bertz CT molecular complexity index is 1040. The molecule has 0 saturated heterocycles. The summed E-state index contributed by atoms with van der Waals surface area (Å²) in [5.74, 6) is 0.0852. The summed E-state index contributed by atoms with van der Waals surface area (Å²) in [6, 6.07) is 9.61. The van der Waals surface area contributed by atoms with E-state index in [1.165, 1.54) is 60.6 Å². The highest BCUT2D eigenvalue weighted by Gasteiger charge is 2.31. The van der Waals surface area contributed by atoms with E-state index in [4.69, 9.17) is 4.74 Å². The zero-order valence-electron chi connectivity index (χ0n) is 14.9. The molecule has 1 aliphatic rings. The molecule has 28 heavy (non-hydrogen) atoms. The maximum absolute atomic E-state index is 12.8. The first-order valence-corrected chi connectivity index (χ1v) is 8.00. The van der Waals surface area contributed by atoms with Crippen molar-refractivity contribution < 1.29 is 19.4 Å². The molecule has 1 heterocycles. The van der Waals surface area contributed by atoms with Crippen molar-refractivity contribution in [3.63, 3.8) is 0 Å². The highest BCUT2D eigenvalue weighted by Crippen LogP contribution is 2.35. The molecule has 3 rings (SSSR count). The zero-order chi connectivity index (χ0) is 20.4. The van der Waals surface area contributed by atoms with Crippen LogP contribution in [0.5, 0.6) is 5.75 Å². The maximum atomic E-state index is 12.8. The smallest absolute Gasteiger partial charge is 0.282 e. The summed E-state index contributed by atoms with van der Waals surface area (Å²) in [6.45, 7) is 1.62. The molecule has 0 saturated carbocycles. The summed E-state index contributed by atoms with van der Waals surface area (Å²) >= 11 is 0. The minimum atomic E-state index is -0.557. The molecule has 2 aromatic carbocycles. The number of anilines is 1. The van der Waals surface area contributed by atoms with Gasteiger partial charge in [-0.2, -0.15) is 0 Å². The van der Waals surface area contributed by atoms with E-state index in [1.807, 2.05) is 0 Å². The summed E-state index contributed by atoms with van der Waals surface area (Å²) in [4.78, 5) is 39.0. The van der Waals surface area contributed by atoms with Gasteiger partial charge in [-0.15, -0.1) is 0 Å². The minimum Gasteiger partial charge on any atom is -0.494 e. The van der Waals surface area contributed by atoms with E-state index in [1.54, 1.807) is 6.92 Å². The van der Waals surface area contributed by atoms with E-state index in [2.05, 4.69) is 4.99 Å². The highest BCUT2D eigenvalue weighted by atomic mass is 16.6. The van der Waals surface area contributed by atoms with Crippen molar-refractivity contribution in [1.29, 1.82) is 0 Å². The second-order valence-corrected chi connectivity index (χ2v) is 5.79. The van der Waals surface area contributed by atoms with Crippen molar-refractivity contribution in [2.24, 2.45) is 4.99 Å². The molecule has 0 radical (unpaired) electrons. The number of carbonyl (C=O) groups excluding carboxylic acids is 1. The van der Waals surface area contributed by atoms with Gasteiger partial charge in [-0.25, -0.2) is 4.99 Å². The molecular formula is C18H14N4O6. The molecule has 0 aliphatic carbocycles. The number of rotatable bonds is 5. The fourth-order valence-electron chi connectivity index (χ4n) is 2.73. The molecule has 2 aromatic rings.